The number of carbonyl (C=O) groups is 1. The lowest BCUT2D eigenvalue weighted by Gasteiger charge is -2.27. The number of amides is 1. The minimum absolute atomic E-state index is 0.0373. The van der Waals surface area contributed by atoms with Crippen molar-refractivity contribution in [2.75, 3.05) is 32.8 Å². The number of likely N-dealkylation sites (tertiary alicyclic amines) is 1. The molecule has 0 bridgehead atoms. The van der Waals surface area contributed by atoms with Gasteiger partial charge in [0.15, 0.2) is 0 Å². The van der Waals surface area contributed by atoms with Crippen LogP contribution in [0.1, 0.15) is 40.6 Å². The van der Waals surface area contributed by atoms with Gasteiger partial charge in [0.2, 0.25) is 0 Å². The van der Waals surface area contributed by atoms with Crippen LogP contribution in [0.15, 0.2) is 29.2 Å². The average Bonchev–Trinajstić information content (AvgIpc) is 3.34. The fourth-order valence-corrected chi connectivity index (χ4v) is 4.13. The third-order valence-corrected chi connectivity index (χ3v) is 5.47. The molecule has 2 aromatic heterocycles. The molecule has 0 N–H and O–H groups in total. The van der Waals surface area contributed by atoms with Crippen molar-refractivity contribution in [2.24, 2.45) is 0 Å². The molecule has 0 unspecified atom stereocenters. The van der Waals surface area contributed by atoms with E-state index in [0.717, 1.165) is 57.9 Å². The van der Waals surface area contributed by atoms with Crippen LogP contribution in [-0.2, 0) is 11.3 Å². The van der Waals surface area contributed by atoms with E-state index in [1.165, 1.54) is 16.9 Å². The standard InChI is InChI=1S/C18H22N4O2S/c23-18(16-12-25-13-20-16)22-5-1-2-17(22)14-3-4-19-15(10-14)11-21-6-8-24-9-7-21/h3-4,10,12-13,17H,1-2,5-9,11H2/t17-/m0/s1. The highest BCUT2D eigenvalue weighted by atomic mass is 32.1. The van der Waals surface area contributed by atoms with Crippen LogP contribution < -0.4 is 0 Å². The van der Waals surface area contributed by atoms with E-state index in [2.05, 4.69) is 20.9 Å². The zero-order valence-electron chi connectivity index (χ0n) is 14.1. The first-order valence-electron chi connectivity index (χ1n) is 8.75. The van der Waals surface area contributed by atoms with Crippen LogP contribution >= 0.6 is 11.3 Å². The van der Waals surface area contributed by atoms with Crippen LogP contribution in [0.2, 0.25) is 0 Å². The number of ether oxygens (including phenoxy) is 1. The minimum atomic E-state index is 0.0373. The van der Waals surface area contributed by atoms with Crippen molar-refractivity contribution >= 4 is 17.2 Å². The van der Waals surface area contributed by atoms with Crippen LogP contribution in [0, 0.1) is 0 Å². The Bertz CT molecular complexity index is 716. The highest BCUT2D eigenvalue weighted by molar-refractivity contribution is 7.07. The van der Waals surface area contributed by atoms with Crippen molar-refractivity contribution in [3.8, 4) is 0 Å². The number of hydrogen-bond acceptors (Lipinski definition) is 6. The molecule has 2 saturated heterocycles. The Labute approximate surface area is 151 Å². The van der Waals surface area contributed by atoms with E-state index in [0.29, 0.717) is 5.69 Å². The first kappa shape index (κ1) is 16.6. The predicted octanol–water partition coefficient (Wildman–Crippen LogP) is 2.35. The topological polar surface area (TPSA) is 58.6 Å². The molecule has 2 aromatic rings. The van der Waals surface area contributed by atoms with E-state index in [4.69, 9.17) is 4.74 Å². The molecule has 7 heteroatoms. The quantitative estimate of drug-likeness (QED) is 0.840. The van der Waals surface area contributed by atoms with E-state index in [9.17, 15) is 4.79 Å². The van der Waals surface area contributed by atoms with Gasteiger partial charge in [-0.3, -0.25) is 14.7 Å². The van der Waals surface area contributed by atoms with Gasteiger partial charge in [-0.15, -0.1) is 11.3 Å². The van der Waals surface area contributed by atoms with Gasteiger partial charge >= 0.3 is 0 Å². The summed E-state index contributed by atoms with van der Waals surface area (Å²) in [5.74, 6) is 0.0373. The van der Waals surface area contributed by atoms with E-state index in [1.807, 2.05) is 22.5 Å². The fourth-order valence-electron chi connectivity index (χ4n) is 3.60. The average molecular weight is 358 g/mol. The van der Waals surface area contributed by atoms with E-state index < -0.39 is 0 Å². The Balaban J connectivity index is 1.50. The smallest absolute Gasteiger partial charge is 0.273 e. The summed E-state index contributed by atoms with van der Waals surface area (Å²) in [5, 5.41) is 1.83. The van der Waals surface area contributed by atoms with Gasteiger partial charge in [-0.2, -0.15) is 0 Å². The van der Waals surface area contributed by atoms with Gasteiger partial charge in [0.25, 0.3) is 5.91 Å². The molecule has 4 rings (SSSR count). The first-order chi connectivity index (χ1) is 12.3. The second-order valence-electron chi connectivity index (χ2n) is 6.50. The Morgan fingerprint density at radius 1 is 1.28 bits per heavy atom. The van der Waals surface area contributed by atoms with Gasteiger partial charge in [-0.1, -0.05) is 0 Å². The van der Waals surface area contributed by atoms with Crippen LogP contribution in [0.5, 0.6) is 0 Å². The Hall–Kier alpha value is -1.83. The summed E-state index contributed by atoms with van der Waals surface area (Å²) in [6.45, 7) is 5.11. The lowest BCUT2D eigenvalue weighted by atomic mass is 10.0. The molecule has 0 saturated carbocycles. The maximum atomic E-state index is 12.7. The van der Waals surface area contributed by atoms with Gasteiger partial charge in [0.1, 0.15) is 5.69 Å². The van der Waals surface area contributed by atoms with Crippen LogP contribution in [0.4, 0.5) is 0 Å². The summed E-state index contributed by atoms with van der Waals surface area (Å²) < 4.78 is 5.41. The van der Waals surface area contributed by atoms with E-state index in [-0.39, 0.29) is 11.9 Å². The first-order valence-corrected chi connectivity index (χ1v) is 9.69. The number of morpholine rings is 1. The van der Waals surface area contributed by atoms with Crippen molar-refractivity contribution in [1.82, 2.24) is 19.8 Å². The summed E-state index contributed by atoms with van der Waals surface area (Å²) >= 11 is 1.46. The molecule has 0 radical (unpaired) electrons. The summed E-state index contributed by atoms with van der Waals surface area (Å²) in [4.78, 5) is 25.8. The molecular weight excluding hydrogens is 336 g/mol. The van der Waals surface area contributed by atoms with Crippen molar-refractivity contribution in [1.29, 1.82) is 0 Å². The Morgan fingerprint density at radius 2 is 2.16 bits per heavy atom. The highest BCUT2D eigenvalue weighted by Gasteiger charge is 2.31. The number of hydrogen-bond donors (Lipinski definition) is 0. The maximum Gasteiger partial charge on any atom is 0.273 e. The Morgan fingerprint density at radius 3 is 2.96 bits per heavy atom. The minimum Gasteiger partial charge on any atom is -0.379 e. The third-order valence-electron chi connectivity index (χ3n) is 4.88. The summed E-state index contributed by atoms with van der Waals surface area (Å²) in [7, 11) is 0. The Kier molecular flexibility index (Phi) is 5.05. The molecule has 1 atom stereocenters. The highest BCUT2D eigenvalue weighted by Crippen LogP contribution is 2.33. The van der Waals surface area contributed by atoms with Gasteiger partial charge in [0.05, 0.1) is 30.5 Å². The summed E-state index contributed by atoms with van der Waals surface area (Å²) in [6.07, 6.45) is 3.90. The van der Waals surface area contributed by atoms with Crippen molar-refractivity contribution in [2.45, 2.75) is 25.4 Å². The number of thiazole rings is 1. The lowest BCUT2D eigenvalue weighted by molar-refractivity contribution is 0.0336. The van der Waals surface area contributed by atoms with Crippen molar-refractivity contribution in [3.63, 3.8) is 0 Å². The number of aromatic nitrogens is 2. The van der Waals surface area contributed by atoms with Crippen LogP contribution in [0.25, 0.3) is 0 Å². The molecule has 0 aromatic carbocycles. The van der Waals surface area contributed by atoms with Crippen LogP contribution in [0.3, 0.4) is 0 Å². The molecular formula is C18H22N4O2S. The van der Waals surface area contributed by atoms with E-state index >= 15 is 0 Å². The third kappa shape index (κ3) is 3.73. The number of pyridine rings is 1. The largest absolute Gasteiger partial charge is 0.379 e. The molecule has 2 fully saturated rings. The molecule has 4 heterocycles. The molecule has 25 heavy (non-hydrogen) atoms. The van der Waals surface area contributed by atoms with E-state index in [1.54, 1.807) is 5.51 Å². The second-order valence-corrected chi connectivity index (χ2v) is 7.22. The fraction of sp³-hybridized carbons (Fsp3) is 0.500. The van der Waals surface area contributed by atoms with Gasteiger partial charge in [0, 0.05) is 37.8 Å². The molecule has 6 nitrogen and oxygen atoms in total. The normalized spacial score (nSPS) is 21.6. The van der Waals surface area contributed by atoms with Crippen molar-refractivity contribution in [3.05, 3.63) is 46.2 Å². The summed E-state index contributed by atoms with van der Waals surface area (Å²) in [5.41, 5.74) is 4.51. The van der Waals surface area contributed by atoms with Crippen LogP contribution in [-0.4, -0.2) is 58.5 Å². The van der Waals surface area contributed by atoms with Gasteiger partial charge in [-0.25, -0.2) is 4.98 Å². The summed E-state index contributed by atoms with van der Waals surface area (Å²) in [6, 6.07) is 4.33. The lowest BCUT2D eigenvalue weighted by Crippen LogP contribution is -2.36. The maximum absolute atomic E-state index is 12.7. The van der Waals surface area contributed by atoms with Gasteiger partial charge in [-0.05, 0) is 30.5 Å². The molecule has 2 aliphatic rings. The number of rotatable bonds is 4. The molecule has 0 aliphatic carbocycles. The van der Waals surface area contributed by atoms with Crippen molar-refractivity contribution < 1.29 is 9.53 Å². The number of nitrogens with zero attached hydrogens (tertiary/aromatic N) is 4. The molecule has 132 valence electrons. The zero-order chi connectivity index (χ0) is 17.1. The number of carbonyl (C=O) groups excluding carboxylic acids is 1. The molecule has 2 aliphatic heterocycles. The molecule has 0 spiro atoms. The zero-order valence-corrected chi connectivity index (χ0v) is 15.0. The SMILES string of the molecule is O=C(c1cscn1)N1CCC[C@H]1c1ccnc(CN2CCOCC2)c1. The second kappa shape index (κ2) is 7.59. The monoisotopic (exact) mass is 358 g/mol. The molecule has 1 amide bonds. The van der Waals surface area contributed by atoms with Gasteiger partial charge < -0.3 is 9.64 Å². The predicted molar refractivity (Wildman–Crippen MR) is 95.5 cm³/mol.